The van der Waals surface area contributed by atoms with Crippen molar-refractivity contribution in [1.29, 1.82) is 5.26 Å². The predicted octanol–water partition coefficient (Wildman–Crippen LogP) is 0.492. The monoisotopic (exact) mass is 253 g/mol. The smallest absolute Gasteiger partial charge is 0.240 e. The van der Waals surface area contributed by atoms with Gasteiger partial charge in [0.15, 0.2) is 0 Å². The van der Waals surface area contributed by atoms with Crippen LogP contribution in [0.2, 0.25) is 0 Å². The third-order valence-corrected chi connectivity index (χ3v) is 3.77. The molecule has 1 atom stereocenters. The van der Waals surface area contributed by atoms with Crippen molar-refractivity contribution in [3.63, 3.8) is 0 Å². The van der Waals surface area contributed by atoms with Crippen molar-refractivity contribution >= 4 is 10.0 Å². The van der Waals surface area contributed by atoms with Gasteiger partial charge in [-0.25, -0.2) is 13.1 Å². The van der Waals surface area contributed by atoms with Crippen molar-refractivity contribution in [3.05, 3.63) is 29.3 Å². The van der Waals surface area contributed by atoms with Crippen LogP contribution in [0.3, 0.4) is 0 Å². The van der Waals surface area contributed by atoms with E-state index < -0.39 is 10.0 Å². The van der Waals surface area contributed by atoms with Crippen molar-refractivity contribution in [2.24, 2.45) is 5.73 Å². The normalized spacial score (nSPS) is 13.1. The number of nitrogens with zero attached hydrogens (tertiary/aromatic N) is 1. The fourth-order valence-corrected chi connectivity index (χ4v) is 2.71. The van der Waals surface area contributed by atoms with Crippen molar-refractivity contribution in [2.45, 2.75) is 24.8 Å². The van der Waals surface area contributed by atoms with Crippen LogP contribution in [0.1, 0.15) is 18.1 Å². The maximum Gasteiger partial charge on any atom is 0.240 e. The van der Waals surface area contributed by atoms with E-state index in [0.29, 0.717) is 11.1 Å². The Kier molecular flexibility index (Phi) is 4.23. The van der Waals surface area contributed by atoms with Crippen LogP contribution in [-0.4, -0.2) is 21.0 Å². The van der Waals surface area contributed by atoms with E-state index in [1.54, 1.807) is 19.9 Å². The van der Waals surface area contributed by atoms with Gasteiger partial charge >= 0.3 is 0 Å². The number of sulfonamides is 1. The summed E-state index contributed by atoms with van der Waals surface area (Å²) in [6.07, 6.45) is 0. The molecule has 0 bridgehead atoms. The molecule has 3 N–H and O–H groups in total. The fourth-order valence-electron chi connectivity index (χ4n) is 1.34. The van der Waals surface area contributed by atoms with Crippen LogP contribution in [0.25, 0.3) is 0 Å². The molecule has 0 fully saturated rings. The van der Waals surface area contributed by atoms with Crippen LogP contribution >= 0.6 is 0 Å². The molecule has 1 aromatic carbocycles. The molecule has 0 radical (unpaired) electrons. The Hall–Kier alpha value is -1.42. The highest BCUT2D eigenvalue weighted by molar-refractivity contribution is 7.89. The molecule has 0 aromatic heterocycles. The van der Waals surface area contributed by atoms with Gasteiger partial charge in [0.25, 0.3) is 0 Å². The van der Waals surface area contributed by atoms with Gasteiger partial charge in [0.2, 0.25) is 10.0 Å². The molecule has 1 unspecified atom stereocenters. The minimum absolute atomic E-state index is 0.178. The largest absolute Gasteiger partial charge is 0.327 e. The lowest BCUT2D eigenvalue weighted by Crippen LogP contribution is -2.35. The lowest BCUT2D eigenvalue weighted by atomic mass is 10.2. The molecule has 0 aliphatic carbocycles. The summed E-state index contributed by atoms with van der Waals surface area (Å²) in [6.45, 7) is 3.55. The average Bonchev–Trinajstić information content (AvgIpc) is 2.26. The molecule has 0 saturated carbocycles. The first-order chi connectivity index (χ1) is 7.86. The van der Waals surface area contributed by atoms with Gasteiger partial charge < -0.3 is 5.73 Å². The van der Waals surface area contributed by atoms with E-state index >= 15 is 0 Å². The maximum atomic E-state index is 11.9. The number of hydrogen-bond acceptors (Lipinski definition) is 4. The van der Waals surface area contributed by atoms with Crippen molar-refractivity contribution in [3.8, 4) is 6.07 Å². The molecule has 6 heteroatoms. The summed E-state index contributed by atoms with van der Waals surface area (Å²) in [6, 6.07) is 6.16. The minimum atomic E-state index is -3.55. The zero-order valence-corrected chi connectivity index (χ0v) is 10.6. The van der Waals surface area contributed by atoms with Crippen molar-refractivity contribution < 1.29 is 8.42 Å². The van der Waals surface area contributed by atoms with Crippen molar-refractivity contribution in [1.82, 2.24) is 4.72 Å². The Morgan fingerprint density at radius 1 is 1.53 bits per heavy atom. The summed E-state index contributed by atoms with van der Waals surface area (Å²) in [5.41, 5.74) is 6.47. The number of aryl methyl sites for hydroxylation is 1. The maximum absolute atomic E-state index is 11.9. The van der Waals surface area contributed by atoms with E-state index in [0.717, 1.165) is 0 Å². The van der Waals surface area contributed by atoms with Gasteiger partial charge in [0.1, 0.15) is 0 Å². The molecule has 17 heavy (non-hydrogen) atoms. The van der Waals surface area contributed by atoms with E-state index in [-0.39, 0.29) is 17.5 Å². The Labute approximate surface area is 101 Å². The number of nitrogens with two attached hydrogens (primary N) is 1. The molecular formula is C11H15N3O2S. The molecule has 5 nitrogen and oxygen atoms in total. The second kappa shape index (κ2) is 5.27. The first kappa shape index (κ1) is 13.6. The first-order valence-corrected chi connectivity index (χ1v) is 6.61. The Morgan fingerprint density at radius 3 is 2.65 bits per heavy atom. The molecular weight excluding hydrogens is 238 g/mol. The summed E-state index contributed by atoms with van der Waals surface area (Å²) < 4.78 is 26.2. The molecule has 92 valence electrons. The topological polar surface area (TPSA) is 96.0 Å². The number of benzene rings is 1. The van der Waals surface area contributed by atoms with Crippen LogP contribution in [0, 0.1) is 18.3 Å². The van der Waals surface area contributed by atoms with Crippen LogP contribution in [-0.2, 0) is 10.0 Å². The number of hydrogen-bond donors (Lipinski definition) is 2. The lowest BCUT2D eigenvalue weighted by molar-refractivity contribution is 0.573. The third-order valence-electron chi connectivity index (χ3n) is 2.19. The zero-order chi connectivity index (χ0) is 13.1. The Morgan fingerprint density at radius 2 is 2.18 bits per heavy atom. The third kappa shape index (κ3) is 3.53. The molecule has 0 aliphatic heterocycles. The van der Waals surface area contributed by atoms with E-state index in [4.69, 9.17) is 11.0 Å². The van der Waals surface area contributed by atoms with Gasteiger partial charge in [-0.05, 0) is 37.6 Å². The van der Waals surface area contributed by atoms with Gasteiger partial charge in [-0.15, -0.1) is 0 Å². The fraction of sp³-hybridized carbons (Fsp3) is 0.364. The molecule has 0 aliphatic rings. The highest BCUT2D eigenvalue weighted by atomic mass is 32.2. The predicted molar refractivity (Wildman–Crippen MR) is 64.7 cm³/mol. The van der Waals surface area contributed by atoms with Gasteiger partial charge in [-0.1, -0.05) is 0 Å². The first-order valence-electron chi connectivity index (χ1n) is 5.13. The highest BCUT2D eigenvalue weighted by Crippen LogP contribution is 2.16. The summed E-state index contributed by atoms with van der Waals surface area (Å²) >= 11 is 0. The van der Waals surface area contributed by atoms with Gasteiger partial charge in [-0.3, -0.25) is 0 Å². The number of nitriles is 1. The van der Waals surface area contributed by atoms with E-state index in [2.05, 4.69) is 4.72 Å². The lowest BCUT2D eigenvalue weighted by Gasteiger charge is -2.10. The highest BCUT2D eigenvalue weighted by Gasteiger charge is 2.16. The quantitative estimate of drug-likeness (QED) is 0.816. The minimum Gasteiger partial charge on any atom is -0.327 e. The summed E-state index contributed by atoms with van der Waals surface area (Å²) in [7, 11) is -3.55. The van der Waals surface area contributed by atoms with Crippen LogP contribution in [0.15, 0.2) is 23.1 Å². The molecule has 0 saturated heterocycles. The average molecular weight is 253 g/mol. The van der Waals surface area contributed by atoms with E-state index in [1.165, 1.54) is 12.1 Å². The SMILES string of the molecule is Cc1cc(C#N)ccc1S(=O)(=O)NCC(C)N. The Bertz CT molecular complexity index is 544. The molecule has 1 rings (SSSR count). The molecule has 0 spiro atoms. The van der Waals surface area contributed by atoms with Crippen LogP contribution in [0.5, 0.6) is 0 Å². The van der Waals surface area contributed by atoms with Crippen LogP contribution in [0.4, 0.5) is 0 Å². The Balaban J connectivity index is 3.04. The van der Waals surface area contributed by atoms with E-state index in [1.807, 2.05) is 6.07 Å². The van der Waals surface area contributed by atoms with Crippen LogP contribution < -0.4 is 10.5 Å². The standard InChI is InChI=1S/C11H15N3O2S/c1-8-5-10(6-12)3-4-11(8)17(15,16)14-7-9(2)13/h3-5,9,14H,7,13H2,1-2H3. The summed E-state index contributed by atoms with van der Waals surface area (Å²) in [4.78, 5) is 0.178. The number of nitrogens with one attached hydrogen (secondary N) is 1. The second-order valence-corrected chi connectivity index (χ2v) is 5.66. The van der Waals surface area contributed by atoms with E-state index in [9.17, 15) is 8.42 Å². The molecule has 0 amide bonds. The molecule has 1 aromatic rings. The second-order valence-electron chi connectivity index (χ2n) is 3.92. The van der Waals surface area contributed by atoms with Crippen molar-refractivity contribution in [2.75, 3.05) is 6.54 Å². The zero-order valence-electron chi connectivity index (χ0n) is 9.77. The summed E-state index contributed by atoms with van der Waals surface area (Å²) in [5.74, 6) is 0. The van der Waals surface area contributed by atoms with Gasteiger partial charge in [0.05, 0.1) is 16.5 Å². The molecule has 0 heterocycles. The summed E-state index contributed by atoms with van der Waals surface area (Å²) in [5, 5.41) is 8.70. The number of rotatable bonds is 4. The van der Waals surface area contributed by atoms with Gasteiger partial charge in [0, 0.05) is 12.6 Å². The van der Waals surface area contributed by atoms with Gasteiger partial charge in [-0.2, -0.15) is 5.26 Å².